The van der Waals surface area contributed by atoms with E-state index in [4.69, 9.17) is 4.98 Å². The first-order valence-electron chi connectivity index (χ1n) is 6.81. The summed E-state index contributed by atoms with van der Waals surface area (Å²) < 4.78 is 3.10. The number of benzene rings is 1. The normalized spacial score (nSPS) is 11.5. The van der Waals surface area contributed by atoms with Crippen LogP contribution in [-0.4, -0.2) is 20.5 Å². The van der Waals surface area contributed by atoms with Crippen molar-refractivity contribution in [2.75, 3.05) is 0 Å². The highest BCUT2D eigenvalue weighted by Gasteiger charge is 2.20. The summed E-state index contributed by atoms with van der Waals surface area (Å²) in [6.07, 6.45) is -0.0336. The summed E-state index contributed by atoms with van der Waals surface area (Å²) in [6.45, 7) is 2.04. The zero-order valence-electron chi connectivity index (χ0n) is 11.7. The molecule has 0 saturated carbocycles. The van der Waals surface area contributed by atoms with Crippen molar-refractivity contribution in [2.24, 2.45) is 0 Å². The van der Waals surface area contributed by atoms with Crippen molar-refractivity contribution >= 4 is 43.8 Å². The molecule has 22 heavy (non-hydrogen) atoms. The standard InChI is InChI=1S/C16H12N2O2S2/c1-9-6-7-13(21-9)15-11(8-14(19)20)18-10-4-2-3-5-12(10)22-16(18)17-15/h2-7H,8H2,1H3,(H,19,20). The molecule has 3 heterocycles. The molecule has 4 nitrogen and oxygen atoms in total. The number of fused-ring (bicyclic) bond motifs is 3. The van der Waals surface area contributed by atoms with Gasteiger partial charge in [-0.25, -0.2) is 4.98 Å². The Hall–Kier alpha value is -2.18. The van der Waals surface area contributed by atoms with Gasteiger partial charge in [-0.3, -0.25) is 9.20 Å². The van der Waals surface area contributed by atoms with Gasteiger partial charge in [-0.05, 0) is 31.2 Å². The number of aliphatic carboxylic acids is 1. The predicted octanol–water partition coefficient (Wildman–Crippen LogP) is 4.21. The van der Waals surface area contributed by atoms with Crippen LogP contribution in [0.3, 0.4) is 0 Å². The topological polar surface area (TPSA) is 54.6 Å². The van der Waals surface area contributed by atoms with Gasteiger partial charge in [0.25, 0.3) is 0 Å². The summed E-state index contributed by atoms with van der Waals surface area (Å²) in [7, 11) is 0. The lowest BCUT2D eigenvalue weighted by atomic mass is 10.2. The van der Waals surface area contributed by atoms with Gasteiger partial charge in [-0.1, -0.05) is 23.5 Å². The lowest BCUT2D eigenvalue weighted by Crippen LogP contribution is -2.04. The second-order valence-corrected chi connectivity index (χ2v) is 7.37. The number of aromatic nitrogens is 2. The number of hydrogen-bond donors (Lipinski definition) is 1. The number of carboxylic acids is 1. The number of nitrogens with zero attached hydrogens (tertiary/aromatic N) is 2. The van der Waals surface area contributed by atoms with Crippen molar-refractivity contribution in [3.8, 4) is 10.6 Å². The molecule has 0 aliphatic carbocycles. The largest absolute Gasteiger partial charge is 0.481 e. The molecule has 0 fully saturated rings. The monoisotopic (exact) mass is 328 g/mol. The molecule has 3 aromatic heterocycles. The Morgan fingerprint density at radius 1 is 1.23 bits per heavy atom. The van der Waals surface area contributed by atoms with E-state index in [1.807, 2.05) is 47.7 Å². The fraction of sp³-hybridized carbons (Fsp3) is 0.125. The SMILES string of the molecule is Cc1ccc(-c2nc3sc4ccccc4n3c2CC(=O)O)s1. The zero-order chi connectivity index (χ0) is 15.3. The maximum atomic E-state index is 11.3. The first-order chi connectivity index (χ1) is 10.6. The Labute approximate surface area is 134 Å². The van der Waals surface area contributed by atoms with Gasteiger partial charge in [0, 0.05) is 4.88 Å². The molecule has 6 heteroatoms. The minimum absolute atomic E-state index is 0.0336. The van der Waals surface area contributed by atoms with E-state index in [1.54, 1.807) is 22.7 Å². The van der Waals surface area contributed by atoms with Crippen LogP contribution >= 0.6 is 22.7 Å². The van der Waals surface area contributed by atoms with Crippen LogP contribution in [0.15, 0.2) is 36.4 Å². The third kappa shape index (κ3) is 2.03. The highest BCUT2D eigenvalue weighted by molar-refractivity contribution is 7.23. The van der Waals surface area contributed by atoms with Crippen LogP contribution in [0.4, 0.5) is 0 Å². The van der Waals surface area contributed by atoms with Gasteiger partial charge in [-0.2, -0.15) is 0 Å². The first kappa shape index (κ1) is 13.5. The Morgan fingerprint density at radius 3 is 2.77 bits per heavy atom. The fourth-order valence-corrected chi connectivity index (χ4v) is 4.56. The van der Waals surface area contributed by atoms with E-state index in [2.05, 4.69) is 0 Å². The minimum Gasteiger partial charge on any atom is -0.481 e. The Balaban J connectivity index is 2.06. The number of imidazole rings is 1. The number of para-hydroxylation sites is 1. The Kier molecular flexibility index (Phi) is 3.02. The molecule has 0 aliphatic heterocycles. The second-order valence-electron chi connectivity index (χ2n) is 5.08. The molecule has 110 valence electrons. The lowest BCUT2D eigenvalue weighted by molar-refractivity contribution is -0.136. The summed E-state index contributed by atoms with van der Waals surface area (Å²) in [5.41, 5.74) is 2.56. The van der Waals surface area contributed by atoms with Crippen molar-refractivity contribution in [3.63, 3.8) is 0 Å². The number of hydrogen-bond acceptors (Lipinski definition) is 4. The quantitative estimate of drug-likeness (QED) is 0.613. The van der Waals surface area contributed by atoms with Crippen LogP contribution in [0.5, 0.6) is 0 Å². The molecule has 4 aromatic rings. The van der Waals surface area contributed by atoms with E-state index in [0.717, 1.165) is 31.4 Å². The van der Waals surface area contributed by atoms with Crippen LogP contribution in [-0.2, 0) is 11.2 Å². The van der Waals surface area contributed by atoms with Crippen molar-refractivity contribution in [3.05, 3.63) is 47.0 Å². The smallest absolute Gasteiger partial charge is 0.309 e. The van der Waals surface area contributed by atoms with Gasteiger partial charge in [0.1, 0.15) is 5.69 Å². The van der Waals surface area contributed by atoms with Gasteiger partial charge >= 0.3 is 5.97 Å². The fourth-order valence-electron chi connectivity index (χ4n) is 2.64. The summed E-state index contributed by atoms with van der Waals surface area (Å²) in [4.78, 5) is 19.1. The molecule has 4 rings (SSSR count). The Morgan fingerprint density at radius 2 is 2.05 bits per heavy atom. The molecule has 1 aromatic carbocycles. The van der Waals surface area contributed by atoms with Crippen LogP contribution < -0.4 is 0 Å². The van der Waals surface area contributed by atoms with Crippen molar-refractivity contribution in [2.45, 2.75) is 13.3 Å². The van der Waals surface area contributed by atoms with Crippen LogP contribution in [0, 0.1) is 6.92 Å². The van der Waals surface area contributed by atoms with Gasteiger partial charge in [-0.15, -0.1) is 11.3 Å². The third-order valence-electron chi connectivity index (χ3n) is 3.54. The summed E-state index contributed by atoms with van der Waals surface area (Å²) >= 11 is 3.23. The molecule has 0 aliphatic rings. The summed E-state index contributed by atoms with van der Waals surface area (Å²) in [5, 5.41) is 9.30. The highest BCUT2D eigenvalue weighted by Crippen LogP contribution is 2.35. The van der Waals surface area contributed by atoms with Crippen molar-refractivity contribution in [1.29, 1.82) is 0 Å². The van der Waals surface area contributed by atoms with Crippen molar-refractivity contribution in [1.82, 2.24) is 9.38 Å². The summed E-state index contributed by atoms with van der Waals surface area (Å²) in [6, 6.07) is 12.0. The van der Waals surface area contributed by atoms with Crippen LogP contribution in [0.1, 0.15) is 10.6 Å². The molecular formula is C16H12N2O2S2. The zero-order valence-corrected chi connectivity index (χ0v) is 13.4. The number of rotatable bonds is 3. The number of carboxylic acid groups (broad SMARTS) is 1. The van der Waals surface area contributed by atoms with Gasteiger partial charge in [0.2, 0.25) is 0 Å². The second kappa shape index (κ2) is 4.93. The van der Waals surface area contributed by atoms with E-state index < -0.39 is 5.97 Å². The molecule has 0 atom stereocenters. The average molecular weight is 328 g/mol. The summed E-state index contributed by atoms with van der Waals surface area (Å²) in [5.74, 6) is -0.841. The average Bonchev–Trinajstić information content (AvgIpc) is 3.13. The number of thiazole rings is 1. The predicted molar refractivity (Wildman–Crippen MR) is 90.0 cm³/mol. The van der Waals surface area contributed by atoms with E-state index in [0.29, 0.717) is 0 Å². The van der Waals surface area contributed by atoms with Gasteiger partial charge < -0.3 is 5.11 Å². The molecule has 0 saturated heterocycles. The molecule has 0 amide bonds. The van der Waals surface area contributed by atoms with Gasteiger partial charge in [0.15, 0.2) is 4.96 Å². The Bertz CT molecular complexity index is 1010. The molecule has 0 bridgehead atoms. The van der Waals surface area contributed by atoms with Gasteiger partial charge in [0.05, 0.1) is 27.2 Å². The highest BCUT2D eigenvalue weighted by atomic mass is 32.1. The van der Waals surface area contributed by atoms with Crippen LogP contribution in [0.2, 0.25) is 0 Å². The third-order valence-corrected chi connectivity index (χ3v) is 5.57. The number of carbonyl (C=O) groups is 1. The van der Waals surface area contributed by atoms with E-state index >= 15 is 0 Å². The van der Waals surface area contributed by atoms with E-state index in [9.17, 15) is 9.90 Å². The molecule has 0 radical (unpaired) electrons. The molecule has 1 N–H and O–H groups in total. The minimum atomic E-state index is -0.841. The van der Waals surface area contributed by atoms with E-state index in [-0.39, 0.29) is 6.42 Å². The maximum Gasteiger partial charge on any atom is 0.309 e. The molecular weight excluding hydrogens is 316 g/mol. The molecule has 0 spiro atoms. The first-order valence-corrected chi connectivity index (χ1v) is 8.44. The lowest BCUT2D eigenvalue weighted by Gasteiger charge is -2.01. The molecule has 0 unspecified atom stereocenters. The number of aryl methyl sites for hydroxylation is 1. The maximum absolute atomic E-state index is 11.3. The van der Waals surface area contributed by atoms with Crippen LogP contribution in [0.25, 0.3) is 25.7 Å². The number of thiophene rings is 1. The van der Waals surface area contributed by atoms with E-state index in [1.165, 1.54) is 4.88 Å². The van der Waals surface area contributed by atoms with Crippen molar-refractivity contribution < 1.29 is 9.90 Å².